The van der Waals surface area contributed by atoms with Crippen molar-refractivity contribution in [1.29, 1.82) is 0 Å². The first-order valence-corrected chi connectivity index (χ1v) is 28.6. The molecule has 0 saturated heterocycles. The maximum absolute atomic E-state index is 2.87. The van der Waals surface area contributed by atoms with E-state index in [1.54, 1.807) is 0 Å². The van der Waals surface area contributed by atoms with Crippen LogP contribution in [0.15, 0.2) is 309 Å². The Bertz CT molecular complexity index is 3540. The molecule has 380 valence electrons. The van der Waals surface area contributed by atoms with E-state index >= 15 is 0 Å². The first kappa shape index (κ1) is 51.2. The molecule has 12 rings (SSSR count). The SMILES string of the molecule is Pc1cccc(N(c2ccc(-c3ccccc3)cc2)c2ccc(N(c3ccc(N(c4ccc(-c5ccccc5)cc4)c4cccc(P)c4)cc3)c3ccc(N(c4ccc(-c5ccccc5)cc4)c4cccc(I)c4)cc3)cc2)c1. The van der Waals surface area contributed by atoms with Gasteiger partial charge in [-0.25, -0.2) is 0 Å². The summed E-state index contributed by atoms with van der Waals surface area (Å²) in [5.74, 6) is 0. The second kappa shape index (κ2) is 23.6. The molecule has 12 aromatic carbocycles. The Kier molecular flexibility index (Phi) is 15.3. The average Bonchev–Trinajstić information content (AvgIpc) is 3.55. The minimum absolute atomic E-state index is 1.03. The molecular weight excluding hydrogens is 1110 g/mol. The number of hydrogen-bond acceptors (Lipinski definition) is 4. The number of rotatable bonds is 15. The van der Waals surface area contributed by atoms with Gasteiger partial charge in [-0.2, -0.15) is 0 Å². The molecule has 79 heavy (non-hydrogen) atoms. The Morgan fingerprint density at radius 1 is 0.190 bits per heavy atom. The van der Waals surface area contributed by atoms with Crippen LogP contribution >= 0.6 is 41.1 Å². The molecule has 0 amide bonds. The number of anilines is 12. The monoisotopic (exact) mass is 1160 g/mol. The van der Waals surface area contributed by atoms with Crippen LogP contribution in [0.1, 0.15) is 0 Å². The van der Waals surface area contributed by atoms with Crippen LogP contribution < -0.4 is 30.2 Å². The van der Waals surface area contributed by atoms with Crippen LogP contribution in [0.3, 0.4) is 0 Å². The van der Waals surface area contributed by atoms with Crippen molar-refractivity contribution in [1.82, 2.24) is 0 Å². The molecule has 2 unspecified atom stereocenters. The second-order valence-electron chi connectivity index (χ2n) is 19.3. The van der Waals surface area contributed by atoms with Crippen molar-refractivity contribution in [2.24, 2.45) is 0 Å². The van der Waals surface area contributed by atoms with E-state index < -0.39 is 0 Å². The molecule has 0 aromatic heterocycles. The highest BCUT2D eigenvalue weighted by atomic mass is 127. The van der Waals surface area contributed by atoms with Gasteiger partial charge in [0.25, 0.3) is 0 Å². The van der Waals surface area contributed by atoms with Gasteiger partial charge in [0.05, 0.1) is 0 Å². The zero-order valence-corrected chi connectivity index (χ0v) is 47.7. The lowest BCUT2D eigenvalue weighted by molar-refractivity contribution is 1.24. The molecule has 0 radical (unpaired) electrons. The van der Waals surface area contributed by atoms with Crippen LogP contribution in [0.4, 0.5) is 68.2 Å². The number of halogens is 1. The third-order valence-electron chi connectivity index (χ3n) is 14.1. The highest BCUT2D eigenvalue weighted by molar-refractivity contribution is 14.1. The molecule has 0 heterocycles. The highest BCUT2D eigenvalue weighted by Crippen LogP contribution is 2.44. The van der Waals surface area contributed by atoms with E-state index in [9.17, 15) is 0 Å². The fourth-order valence-corrected chi connectivity index (χ4v) is 11.4. The molecule has 7 heteroatoms. The maximum Gasteiger partial charge on any atom is 0.0472 e. The molecular formula is C72H55IN4P2. The topological polar surface area (TPSA) is 13.0 Å². The summed E-state index contributed by atoms with van der Waals surface area (Å²) in [5, 5.41) is 2.24. The fourth-order valence-electron chi connectivity index (χ4n) is 10.3. The third kappa shape index (κ3) is 11.5. The van der Waals surface area contributed by atoms with Crippen LogP contribution in [0.2, 0.25) is 0 Å². The van der Waals surface area contributed by atoms with E-state index in [4.69, 9.17) is 0 Å². The van der Waals surface area contributed by atoms with E-state index in [1.807, 2.05) is 0 Å². The van der Waals surface area contributed by atoms with Crippen molar-refractivity contribution in [2.75, 3.05) is 19.6 Å². The van der Waals surface area contributed by atoms with Gasteiger partial charge in [-0.1, -0.05) is 158 Å². The van der Waals surface area contributed by atoms with Gasteiger partial charge in [0.1, 0.15) is 0 Å². The average molecular weight is 1170 g/mol. The fraction of sp³-hybridized carbons (Fsp3) is 0. The summed E-state index contributed by atoms with van der Waals surface area (Å²) in [6.45, 7) is 0. The van der Waals surface area contributed by atoms with Gasteiger partial charge in [0.2, 0.25) is 0 Å². The molecule has 0 aliphatic heterocycles. The van der Waals surface area contributed by atoms with E-state index in [0.717, 1.165) is 78.9 Å². The molecule has 4 nitrogen and oxygen atoms in total. The summed E-state index contributed by atoms with van der Waals surface area (Å²) < 4.78 is 1.17. The van der Waals surface area contributed by atoms with Gasteiger partial charge in [0, 0.05) is 71.8 Å². The van der Waals surface area contributed by atoms with Gasteiger partial charge in [-0.3, -0.25) is 0 Å². The second-order valence-corrected chi connectivity index (χ2v) is 21.9. The largest absolute Gasteiger partial charge is 0.310 e. The molecule has 0 saturated carbocycles. The molecule has 12 aromatic rings. The number of nitrogens with zero attached hydrogens (tertiary/aromatic N) is 4. The highest BCUT2D eigenvalue weighted by Gasteiger charge is 2.21. The molecule has 0 aliphatic rings. The predicted molar refractivity (Wildman–Crippen MR) is 353 cm³/mol. The first-order chi connectivity index (χ1) is 38.9. The van der Waals surface area contributed by atoms with Gasteiger partial charge < -0.3 is 19.6 Å². The minimum Gasteiger partial charge on any atom is -0.310 e. The minimum atomic E-state index is 1.03. The first-order valence-electron chi connectivity index (χ1n) is 26.3. The van der Waals surface area contributed by atoms with Crippen molar-refractivity contribution >= 4 is 120 Å². The van der Waals surface area contributed by atoms with Crippen LogP contribution in [-0.2, 0) is 0 Å². The van der Waals surface area contributed by atoms with Crippen molar-refractivity contribution in [3.05, 3.63) is 313 Å². The van der Waals surface area contributed by atoms with Crippen molar-refractivity contribution in [3.8, 4) is 33.4 Å². The van der Waals surface area contributed by atoms with E-state index in [0.29, 0.717) is 0 Å². The van der Waals surface area contributed by atoms with Crippen molar-refractivity contribution in [3.63, 3.8) is 0 Å². The normalized spacial score (nSPS) is 11.0. The summed E-state index contributed by atoms with van der Waals surface area (Å²) >= 11 is 2.41. The Morgan fingerprint density at radius 3 is 0.658 bits per heavy atom. The lowest BCUT2D eigenvalue weighted by Crippen LogP contribution is -2.14. The van der Waals surface area contributed by atoms with Crippen molar-refractivity contribution < 1.29 is 0 Å². The van der Waals surface area contributed by atoms with Crippen LogP contribution in [0.25, 0.3) is 33.4 Å². The van der Waals surface area contributed by atoms with Crippen LogP contribution in [0.5, 0.6) is 0 Å². The van der Waals surface area contributed by atoms with E-state index in [-0.39, 0.29) is 0 Å². The van der Waals surface area contributed by atoms with E-state index in [1.165, 1.54) is 37.0 Å². The Balaban J connectivity index is 0.942. The zero-order valence-electron chi connectivity index (χ0n) is 43.3. The van der Waals surface area contributed by atoms with Gasteiger partial charge >= 0.3 is 0 Å². The Labute approximate surface area is 482 Å². The summed E-state index contributed by atoms with van der Waals surface area (Å²) in [6, 6.07) is 111. The van der Waals surface area contributed by atoms with E-state index in [2.05, 4.69) is 370 Å². The van der Waals surface area contributed by atoms with Crippen LogP contribution in [-0.4, -0.2) is 0 Å². The number of hydrogen-bond donors (Lipinski definition) is 0. The lowest BCUT2D eigenvalue weighted by Gasteiger charge is -2.30. The Morgan fingerprint density at radius 2 is 0.405 bits per heavy atom. The quantitative estimate of drug-likeness (QED) is 0.0749. The Hall–Kier alpha value is -8.57. The van der Waals surface area contributed by atoms with Crippen LogP contribution in [0, 0.1) is 3.57 Å². The van der Waals surface area contributed by atoms with Gasteiger partial charge in [0.15, 0.2) is 0 Å². The van der Waals surface area contributed by atoms with Gasteiger partial charge in [-0.05, 0) is 218 Å². The molecule has 0 spiro atoms. The summed E-state index contributed by atoms with van der Waals surface area (Å²) in [7, 11) is 5.74. The maximum atomic E-state index is 2.87. The number of benzene rings is 12. The predicted octanol–water partition coefficient (Wildman–Crippen LogP) is 20.2. The smallest absolute Gasteiger partial charge is 0.0472 e. The lowest BCUT2D eigenvalue weighted by atomic mass is 10.0. The summed E-state index contributed by atoms with van der Waals surface area (Å²) in [4.78, 5) is 9.35. The standard InChI is InChI=1S/C72H55IN4P2/c73-58-19-10-20-68(49-58)75(59-31-25-55(26-32-59)52-13-4-1-5-14-52)65-43-37-62(38-44-65)74(63-39-45-66(46-40-63)76(69-21-11-23-71(78)50-69)60-33-27-56(28-34-60)53-15-6-2-7-16-53)64-41-47-67(48-42-64)77(70-22-12-24-72(79)51-70)61-35-29-57(30-36-61)54-17-8-3-9-18-54/h1-51H,78-79H2. The molecule has 0 aliphatic carbocycles. The summed E-state index contributed by atoms with van der Waals surface area (Å²) in [6.07, 6.45) is 0. The molecule has 2 atom stereocenters. The molecule has 0 fully saturated rings. The molecule has 0 bridgehead atoms. The third-order valence-corrected chi connectivity index (χ3v) is 15.5. The molecule has 0 N–H and O–H groups in total. The van der Waals surface area contributed by atoms with Gasteiger partial charge in [-0.15, -0.1) is 18.5 Å². The summed E-state index contributed by atoms with van der Waals surface area (Å²) in [5.41, 5.74) is 19.8. The zero-order chi connectivity index (χ0) is 53.5. The van der Waals surface area contributed by atoms with Crippen molar-refractivity contribution in [2.45, 2.75) is 0 Å².